The molecule has 1 aliphatic heterocycles. The highest BCUT2D eigenvalue weighted by atomic mass is 32.2. The smallest absolute Gasteiger partial charge is 0.263 e. The number of anilines is 2. The minimum absolute atomic E-state index is 0.0691. The van der Waals surface area contributed by atoms with Crippen LogP contribution in [0, 0.1) is 0 Å². The molecule has 3 aromatic rings. The number of amides is 2. The lowest BCUT2D eigenvalue weighted by atomic mass is 10.1. The number of sulfonamides is 1. The van der Waals surface area contributed by atoms with Crippen molar-refractivity contribution in [2.75, 3.05) is 36.3 Å². The molecule has 12 heteroatoms. The molecule has 7 N–H and O–H groups in total. The van der Waals surface area contributed by atoms with Gasteiger partial charge in [0.05, 0.1) is 29.1 Å². The first kappa shape index (κ1) is 22.4. The highest BCUT2D eigenvalue weighted by Crippen LogP contribution is 2.32. The summed E-state index contributed by atoms with van der Waals surface area (Å²) in [5, 5.41) is 16.5. The normalized spacial score (nSPS) is 16.8. The quantitative estimate of drug-likeness (QED) is 0.309. The average molecular weight is 474 g/mol. The Balaban J connectivity index is 1.84. The second-order valence-electron chi connectivity index (χ2n) is 7.45. The minimum atomic E-state index is -4.26. The minimum Gasteiger partial charge on any atom is -0.507 e. The van der Waals surface area contributed by atoms with Crippen LogP contribution in [0.25, 0.3) is 10.9 Å². The molecule has 2 heterocycles. The summed E-state index contributed by atoms with van der Waals surface area (Å²) < 4.78 is 34.6. The van der Waals surface area contributed by atoms with E-state index in [9.17, 15) is 23.1 Å². The first-order chi connectivity index (χ1) is 15.8. The molecule has 2 amide bonds. The van der Waals surface area contributed by atoms with Crippen LogP contribution in [0.5, 0.6) is 5.75 Å². The summed E-state index contributed by atoms with van der Waals surface area (Å²) in [6, 6.07) is 6.86. The van der Waals surface area contributed by atoms with Gasteiger partial charge in [-0.1, -0.05) is 0 Å². The zero-order chi connectivity index (χ0) is 23.6. The Morgan fingerprint density at radius 1 is 1.09 bits per heavy atom. The molecule has 2 aromatic carbocycles. The number of carbonyl (C=O) groups excluding carboxylic acids is 2. The number of hydrogen-bond donors (Lipinski definition) is 6. The van der Waals surface area contributed by atoms with E-state index >= 15 is 0 Å². The third kappa shape index (κ3) is 4.71. The van der Waals surface area contributed by atoms with E-state index in [1.807, 2.05) is 0 Å². The van der Waals surface area contributed by atoms with Gasteiger partial charge in [0.1, 0.15) is 10.6 Å². The lowest BCUT2D eigenvalue weighted by molar-refractivity contribution is 0.0943. The Morgan fingerprint density at radius 3 is 2.70 bits per heavy atom. The van der Waals surface area contributed by atoms with Crippen LogP contribution in [-0.4, -0.2) is 56.6 Å². The summed E-state index contributed by atoms with van der Waals surface area (Å²) in [6.07, 6.45) is 2.24. The van der Waals surface area contributed by atoms with Crippen LogP contribution in [0.3, 0.4) is 0 Å². The number of fused-ring (bicyclic) bond motifs is 5. The van der Waals surface area contributed by atoms with Gasteiger partial charge >= 0.3 is 0 Å². The molecule has 1 aromatic heterocycles. The highest BCUT2D eigenvalue weighted by molar-refractivity contribution is 7.92. The van der Waals surface area contributed by atoms with Gasteiger partial charge in [-0.25, -0.2) is 8.42 Å². The van der Waals surface area contributed by atoms with Crippen molar-refractivity contribution in [2.45, 2.75) is 11.3 Å². The fourth-order valence-corrected chi connectivity index (χ4v) is 4.81. The van der Waals surface area contributed by atoms with Crippen LogP contribution < -0.4 is 21.1 Å². The molecule has 0 spiro atoms. The van der Waals surface area contributed by atoms with Gasteiger partial charge in [-0.3, -0.25) is 14.3 Å². The van der Waals surface area contributed by atoms with E-state index in [0.29, 0.717) is 36.0 Å². The number of benzene rings is 2. The number of carbonyl (C=O) groups is 2. The molecule has 11 nitrogen and oxygen atoms in total. The van der Waals surface area contributed by atoms with Crippen LogP contribution in [0.1, 0.15) is 27.1 Å². The number of primary amides is 1. The van der Waals surface area contributed by atoms with Gasteiger partial charge in [-0.15, -0.1) is 0 Å². The average Bonchev–Trinajstić information content (AvgIpc) is 3.22. The zero-order valence-electron chi connectivity index (χ0n) is 17.5. The van der Waals surface area contributed by atoms with Gasteiger partial charge in [0.25, 0.3) is 21.8 Å². The maximum atomic E-state index is 13.3. The molecule has 0 aliphatic carbocycles. The van der Waals surface area contributed by atoms with Crippen LogP contribution in [-0.2, 0) is 14.8 Å². The Bertz CT molecular complexity index is 1330. The van der Waals surface area contributed by atoms with E-state index in [0.717, 1.165) is 12.1 Å². The lowest BCUT2D eigenvalue weighted by Gasteiger charge is -2.17. The first-order valence-corrected chi connectivity index (χ1v) is 11.6. The van der Waals surface area contributed by atoms with Crippen molar-refractivity contribution in [3.8, 4) is 5.75 Å². The van der Waals surface area contributed by atoms with Crippen LogP contribution in [0.2, 0.25) is 0 Å². The van der Waals surface area contributed by atoms with Crippen molar-refractivity contribution >= 4 is 44.1 Å². The van der Waals surface area contributed by atoms with E-state index < -0.39 is 21.7 Å². The molecule has 174 valence electrons. The van der Waals surface area contributed by atoms with Gasteiger partial charge < -0.3 is 31.2 Å². The predicted molar refractivity (Wildman–Crippen MR) is 122 cm³/mol. The van der Waals surface area contributed by atoms with Gasteiger partial charge in [-0.05, 0) is 30.7 Å². The number of ether oxygens (including phenoxy) is 1. The molecule has 33 heavy (non-hydrogen) atoms. The lowest BCUT2D eigenvalue weighted by Crippen LogP contribution is -2.26. The zero-order valence-corrected chi connectivity index (χ0v) is 18.3. The fourth-order valence-electron chi connectivity index (χ4n) is 3.58. The van der Waals surface area contributed by atoms with Gasteiger partial charge in [0.15, 0.2) is 0 Å². The molecule has 4 rings (SSSR count). The number of phenols is 1. The molecule has 0 fully saturated rings. The number of rotatable bonds is 1. The Hall–Kier alpha value is -3.77. The van der Waals surface area contributed by atoms with E-state index in [1.54, 1.807) is 18.3 Å². The van der Waals surface area contributed by atoms with Crippen molar-refractivity contribution in [2.24, 2.45) is 5.73 Å². The second-order valence-corrected chi connectivity index (χ2v) is 9.10. The van der Waals surface area contributed by atoms with Crippen molar-refractivity contribution in [1.29, 1.82) is 0 Å². The number of aromatic hydroxyl groups is 1. The molecular weight excluding hydrogens is 450 g/mol. The van der Waals surface area contributed by atoms with Gasteiger partial charge in [-0.2, -0.15) is 0 Å². The van der Waals surface area contributed by atoms with E-state index in [2.05, 4.69) is 20.3 Å². The molecule has 0 atom stereocenters. The van der Waals surface area contributed by atoms with Crippen molar-refractivity contribution in [1.82, 2.24) is 10.3 Å². The number of nitrogens with two attached hydrogens (primary N) is 1. The SMILES string of the molecule is NC(=O)c1cc2c(cc1O)NCCOCCCNC(=O)c1cc(cc3[nH]ccc13)NS2(=O)=O. The van der Waals surface area contributed by atoms with Gasteiger partial charge in [0, 0.05) is 42.9 Å². The largest absolute Gasteiger partial charge is 0.507 e. The number of hydrogen-bond acceptors (Lipinski definition) is 7. The summed E-state index contributed by atoms with van der Waals surface area (Å²) in [6.45, 7) is 1.27. The Morgan fingerprint density at radius 2 is 1.91 bits per heavy atom. The monoisotopic (exact) mass is 473 g/mol. The molecular formula is C21H23N5O6S. The first-order valence-electron chi connectivity index (χ1n) is 10.2. The Labute approximate surface area is 189 Å². The fraction of sp³-hybridized carbons (Fsp3) is 0.238. The topological polar surface area (TPSA) is 176 Å². The molecule has 0 saturated carbocycles. The van der Waals surface area contributed by atoms with E-state index in [-0.39, 0.29) is 40.9 Å². The van der Waals surface area contributed by atoms with Gasteiger partial charge in [0.2, 0.25) is 0 Å². The summed E-state index contributed by atoms with van der Waals surface area (Å²) in [5.41, 5.74) is 6.02. The third-order valence-electron chi connectivity index (χ3n) is 5.13. The molecule has 2 bridgehead atoms. The summed E-state index contributed by atoms with van der Waals surface area (Å²) in [5.74, 6) is -1.78. The summed E-state index contributed by atoms with van der Waals surface area (Å²) in [4.78, 5) is 27.2. The molecule has 0 saturated heterocycles. The molecule has 1 aliphatic rings. The van der Waals surface area contributed by atoms with E-state index in [4.69, 9.17) is 10.5 Å². The number of aromatic amines is 1. The maximum Gasteiger partial charge on any atom is 0.263 e. The standard InChI is InChI=1S/C21H23N5O6S/c22-20(28)15-10-19-17(11-18(15)27)24-5-7-32-6-1-3-25-21(29)14-8-12(26-33(19,30)31)9-16-13(14)2-4-23-16/h2,4,8-11,23-24,26-27H,1,3,5-7H2,(H2,22,28)(H,25,29). The molecule has 0 radical (unpaired) electrons. The van der Waals surface area contributed by atoms with Crippen LogP contribution in [0.15, 0.2) is 41.4 Å². The number of nitrogens with one attached hydrogen (secondary N) is 4. The van der Waals surface area contributed by atoms with Crippen LogP contribution >= 0.6 is 0 Å². The van der Waals surface area contributed by atoms with Crippen molar-refractivity contribution in [3.05, 3.63) is 47.7 Å². The molecule has 0 unspecified atom stereocenters. The third-order valence-corrected chi connectivity index (χ3v) is 6.55. The van der Waals surface area contributed by atoms with Crippen molar-refractivity contribution in [3.63, 3.8) is 0 Å². The summed E-state index contributed by atoms with van der Waals surface area (Å²) in [7, 11) is -4.26. The van der Waals surface area contributed by atoms with E-state index in [1.165, 1.54) is 6.07 Å². The second kappa shape index (κ2) is 9.00. The Kier molecular flexibility index (Phi) is 6.11. The number of aromatic nitrogens is 1. The highest BCUT2D eigenvalue weighted by Gasteiger charge is 2.24. The number of H-pyrrole nitrogens is 1. The maximum absolute atomic E-state index is 13.3. The van der Waals surface area contributed by atoms with Crippen molar-refractivity contribution < 1.29 is 27.9 Å². The predicted octanol–water partition coefficient (Wildman–Crippen LogP) is 1.34. The van der Waals surface area contributed by atoms with Crippen LogP contribution in [0.4, 0.5) is 11.4 Å². The summed E-state index contributed by atoms with van der Waals surface area (Å²) >= 11 is 0.